The fraction of sp³-hybridized carbons (Fsp3) is 0.438. The Balaban J connectivity index is 3.12. The van der Waals surface area contributed by atoms with Gasteiger partial charge in [-0.2, -0.15) is 5.26 Å². The molecule has 118 valence electrons. The lowest BCUT2D eigenvalue weighted by molar-refractivity contribution is -0.157. The van der Waals surface area contributed by atoms with Crippen LogP contribution in [0.1, 0.15) is 44.2 Å². The van der Waals surface area contributed by atoms with E-state index in [1.54, 1.807) is 45.0 Å². The van der Waals surface area contributed by atoms with Crippen molar-refractivity contribution in [2.45, 2.75) is 44.8 Å². The van der Waals surface area contributed by atoms with Crippen LogP contribution >= 0.6 is 0 Å². The summed E-state index contributed by atoms with van der Waals surface area (Å²) < 4.78 is 5.34. The third-order valence-electron chi connectivity index (χ3n) is 2.90. The van der Waals surface area contributed by atoms with Crippen LogP contribution in [0.15, 0.2) is 24.3 Å². The van der Waals surface area contributed by atoms with E-state index in [0.29, 0.717) is 11.1 Å². The molecule has 2 atom stereocenters. The smallest absolute Gasteiger partial charge is 0.315 e. The Morgan fingerprint density at radius 2 is 1.86 bits per heavy atom. The van der Waals surface area contributed by atoms with E-state index in [2.05, 4.69) is 0 Å². The number of benzene rings is 1. The summed E-state index contributed by atoms with van der Waals surface area (Å²) in [5.41, 5.74) is 6.16. The van der Waals surface area contributed by atoms with Crippen LogP contribution < -0.4 is 5.73 Å². The molecule has 0 aliphatic carbocycles. The molecule has 0 aliphatic rings. The fourth-order valence-electron chi connectivity index (χ4n) is 2.01. The van der Waals surface area contributed by atoms with Gasteiger partial charge in [-0.3, -0.25) is 9.59 Å². The van der Waals surface area contributed by atoms with E-state index in [4.69, 9.17) is 20.8 Å². The largest absolute Gasteiger partial charge is 0.481 e. The van der Waals surface area contributed by atoms with Gasteiger partial charge in [0, 0.05) is 6.04 Å². The van der Waals surface area contributed by atoms with Crippen LogP contribution in [-0.4, -0.2) is 28.7 Å². The van der Waals surface area contributed by atoms with Crippen molar-refractivity contribution < 1.29 is 19.4 Å². The number of nitrogens with two attached hydrogens (primary N) is 1. The third-order valence-corrected chi connectivity index (χ3v) is 2.90. The number of aliphatic carboxylic acids is 1. The molecule has 0 spiro atoms. The second-order valence-electron chi connectivity index (χ2n) is 6.01. The Hall–Kier alpha value is -2.39. The summed E-state index contributed by atoms with van der Waals surface area (Å²) in [6, 6.07) is 7.36. The highest BCUT2D eigenvalue weighted by molar-refractivity contribution is 5.81. The molecular formula is C16H20N2O4. The van der Waals surface area contributed by atoms with E-state index in [1.807, 2.05) is 6.07 Å². The first-order valence-corrected chi connectivity index (χ1v) is 6.84. The fourth-order valence-corrected chi connectivity index (χ4v) is 2.01. The average Bonchev–Trinajstić information content (AvgIpc) is 2.36. The molecule has 0 bridgehead atoms. The van der Waals surface area contributed by atoms with Crippen LogP contribution in [0, 0.1) is 11.3 Å². The number of carboxylic acids is 1. The topological polar surface area (TPSA) is 113 Å². The maximum atomic E-state index is 12.4. The number of ether oxygens (including phenoxy) is 1. The molecule has 0 amide bonds. The lowest BCUT2D eigenvalue weighted by atomic mass is 9.89. The molecule has 0 saturated heterocycles. The van der Waals surface area contributed by atoms with Gasteiger partial charge in [0.1, 0.15) is 5.60 Å². The predicted molar refractivity (Wildman–Crippen MR) is 80.0 cm³/mol. The summed E-state index contributed by atoms with van der Waals surface area (Å²) in [4.78, 5) is 23.3. The van der Waals surface area contributed by atoms with E-state index in [-0.39, 0.29) is 6.42 Å². The number of hydrogen-bond acceptors (Lipinski definition) is 5. The number of carbonyl (C=O) groups is 2. The van der Waals surface area contributed by atoms with Gasteiger partial charge < -0.3 is 15.6 Å². The van der Waals surface area contributed by atoms with Gasteiger partial charge >= 0.3 is 11.9 Å². The number of carboxylic acid groups (broad SMARTS) is 1. The minimum atomic E-state index is -1.09. The molecule has 0 radical (unpaired) electrons. The van der Waals surface area contributed by atoms with Crippen molar-refractivity contribution in [3.8, 4) is 6.07 Å². The SMILES string of the molecule is CC(C)(C)OC(=O)C(c1ccc(C#N)cc1)[C@H](N)CC(=O)O. The first kappa shape index (κ1) is 17.7. The van der Waals surface area contributed by atoms with Gasteiger partial charge in [0.2, 0.25) is 0 Å². The van der Waals surface area contributed by atoms with Crippen LogP contribution in [0.4, 0.5) is 0 Å². The Bertz CT molecular complexity index is 582. The second kappa shape index (κ2) is 7.05. The van der Waals surface area contributed by atoms with Crippen molar-refractivity contribution in [3.05, 3.63) is 35.4 Å². The van der Waals surface area contributed by atoms with Crippen molar-refractivity contribution in [2.24, 2.45) is 5.73 Å². The van der Waals surface area contributed by atoms with Crippen LogP contribution in [-0.2, 0) is 14.3 Å². The highest BCUT2D eigenvalue weighted by Gasteiger charge is 2.32. The zero-order valence-corrected chi connectivity index (χ0v) is 12.9. The number of esters is 1. The van der Waals surface area contributed by atoms with Gasteiger partial charge in [-0.15, -0.1) is 0 Å². The van der Waals surface area contributed by atoms with Gasteiger partial charge in [-0.1, -0.05) is 12.1 Å². The number of nitriles is 1. The Labute approximate surface area is 129 Å². The molecule has 6 nitrogen and oxygen atoms in total. The normalized spacial score (nSPS) is 13.8. The molecule has 0 heterocycles. The third kappa shape index (κ3) is 5.19. The number of rotatable bonds is 5. The zero-order valence-electron chi connectivity index (χ0n) is 12.9. The lowest BCUT2D eigenvalue weighted by Gasteiger charge is -2.27. The van der Waals surface area contributed by atoms with Gasteiger partial charge in [0.05, 0.1) is 24.0 Å². The molecule has 0 aromatic heterocycles. The number of hydrogen-bond donors (Lipinski definition) is 2. The van der Waals surface area contributed by atoms with Gasteiger partial charge in [0.15, 0.2) is 0 Å². The maximum absolute atomic E-state index is 12.4. The molecule has 1 aromatic rings. The molecule has 0 fully saturated rings. The van der Waals surface area contributed by atoms with E-state index < -0.39 is 29.5 Å². The summed E-state index contributed by atoms with van der Waals surface area (Å²) >= 11 is 0. The maximum Gasteiger partial charge on any atom is 0.315 e. The second-order valence-corrected chi connectivity index (χ2v) is 6.01. The summed E-state index contributed by atoms with van der Waals surface area (Å²) in [5.74, 6) is -2.57. The van der Waals surface area contributed by atoms with E-state index in [9.17, 15) is 9.59 Å². The number of nitrogens with zero attached hydrogens (tertiary/aromatic N) is 1. The summed E-state index contributed by atoms with van der Waals surface area (Å²) in [6.45, 7) is 5.18. The molecule has 1 aromatic carbocycles. The molecule has 22 heavy (non-hydrogen) atoms. The molecule has 3 N–H and O–H groups in total. The Morgan fingerprint density at radius 1 is 1.32 bits per heavy atom. The summed E-state index contributed by atoms with van der Waals surface area (Å²) in [6.07, 6.45) is -0.357. The molecule has 6 heteroatoms. The summed E-state index contributed by atoms with van der Waals surface area (Å²) in [7, 11) is 0. The standard InChI is InChI=1S/C16H20N2O4/c1-16(2,3)22-15(21)14(12(18)8-13(19)20)11-6-4-10(9-17)5-7-11/h4-7,12,14H,8,18H2,1-3H3,(H,19,20)/t12-,14?/m1/s1. The summed E-state index contributed by atoms with van der Waals surface area (Å²) in [5, 5.41) is 17.7. The van der Waals surface area contributed by atoms with E-state index in [1.165, 1.54) is 0 Å². The minimum Gasteiger partial charge on any atom is -0.481 e. The van der Waals surface area contributed by atoms with Gasteiger partial charge in [-0.25, -0.2) is 0 Å². The highest BCUT2D eigenvalue weighted by Crippen LogP contribution is 2.25. The van der Waals surface area contributed by atoms with Crippen molar-refractivity contribution in [2.75, 3.05) is 0 Å². The average molecular weight is 304 g/mol. The van der Waals surface area contributed by atoms with Crippen molar-refractivity contribution in [3.63, 3.8) is 0 Å². The Morgan fingerprint density at radius 3 is 2.27 bits per heavy atom. The van der Waals surface area contributed by atoms with Crippen LogP contribution in [0.5, 0.6) is 0 Å². The van der Waals surface area contributed by atoms with Gasteiger partial charge in [0.25, 0.3) is 0 Å². The first-order valence-electron chi connectivity index (χ1n) is 6.84. The molecular weight excluding hydrogens is 284 g/mol. The van der Waals surface area contributed by atoms with Crippen LogP contribution in [0.3, 0.4) is 0 Å². The quantitative estimate of drug-likeness (QED) is 0.802. The van der Waals surface area contributed by atoms with Crippen molar-refractivity contribution in [1.82, 2.24) is 0 Å². The van der Waals surface area contributed by atoms with E-state index >= 15 is 0 Å². The predicted octanol–water partition coefficient (Wildman–Crippen LogP) is 1.79. The molecule has 1 unspecified atom stereocenters. The Kier molecular flexibility index (Phi) is 5.66. The van der Waals surface area contributed by atoms with E-state index in [0.717, 1.165) is 0 Å². The molecule has 0 aliphatic heterocycles. The first-order chi connectivity index (χ1) is 10.1. The van der Waals surface area contributed by atoms with Gasteiger partial charge in [-0.05, 0) is 38.5 Å². The molecule has 0 saturated carbocycles. The van der Waals surface area contributed by atoms with Crippen molar-refractivity contribution >= 4 is 11.9 Å². The van der Waals surface area contributed by atoms with Crippen LogP contribution in [0.2, 0.25) is 0 Å². The minimum absolute atomic E-state index is 0.357. The lowest BCUT2D eigenvalue weighted by Crippen LogP contribution is -2.39. The van der Waals surface area contributed by atoms with Crippen LogP contribution in [0.25, 0.3) is 0 Å². The highest BCUT2D eigenvalue weighted by atomic mass is 16.6. The van der Waals surface area contributed by atoms with Crippen molar-refractivity contribution in [1.29, 1.82) is 5.26 Å². The number of carbonyl (C=O) groups excluding carboxylic acids is 1. The monoisotopic (exact) mass is 304 g/mol. The molecule has 1 rings (SSSR count). The zero-order chi connectivity index (χ0) is 16.9.